The van der Waals surface area contributed by atoms with Crippen LogP contribution in [0.1, 0.15) is 5.56 Å². The minimum absolute atomic E-state index is 0.0794. The van der Waals surface area contributed by atoms with Gasteiger partial charge in [-0.25, -0.2) is 4.79 Å². The van der Waals surface area contributed by atoms with Gasteiger partial charge in [0.25, 0.3) is 15.7 Å². The molecule has 0 aliphatic rings. The molecule has 1 heterocycles. The number of aryl methyl sites for hydroxylation is 1. The van der Waals surface area contributed by atoms with E-state index in [4.69, 9.17) is 4.55 Å². The molecular weight excluding hydrogens is 260 g/mol. The van der Waals surface area contributed by atoms with Crippen LogP contribution in [-0.4, -0.2) is 22.5 Å². The van der Waals surface area contributed by atoms with Gasteiger partial charge in [0, 0.05) is 7.05 Å². The van der Waals surface area contributed by atoms with Gasteiger partial charge >= 0.3 is 5.69 Å². The molecule has 0 saturated carbocycles. The normalized spacial score (nSPS) is 11.9. The zero-order chi connectivity index (χ0) is 13.7. The van der Waals surface area contributed by atoms with E-state index in [1.165, 1.54) is 20.0 Å². The molecule has 2 N–H and O–H groups in total. The van der Waals surface area contributed by atoms with Crippen molar-refractivity contribution in [1.82, 2.24) is 9.55 Å². The highest BCUT2D eigenvalue weighted by molar-refractivity contribution is 7.85. The van der Waals surface area contributed by atoms with Crippen LogP contribution < -0.4 is 11.2 Å². The van der Waals surface area contributed by atoms with E-state index in [1.807, 2.05) is 0 Å². The number of fused-ring (bicyclic) bond motifs is 1. The summed E-state index contributed by atoms with van der Waals surface area (Å²) in [5, 5.41) is 0.213. The monoisotopic (exact) mass is 270 g/mol. The minimum atomic E-state index is -4.38. The fourth-order valence-corrected chi connectivity index (χ4v) is 2.34. The van der Waals surface area contributed by atoms with Gasteiger partial charge in [-0.15, -0.1) is 0 Å². The van der Waals surface area contributed by atoms with Gasteiger partial charge in [-0.05, 0) is 24.6 Å². The summed E-state index contributed by atoms with van der Waals surface area (Å²) >= 11 is 0. The molecule has 96 valence electrons. The molecule has 0 saturated heterocycles. The molecule has 1 aromatic carbocycles. The third-order valence-corrected chi connectivity index (χ3v) is 3.50. The Balaban J connectivity index is 3.06. The summed E-state index contributed by atoms with van der Waals surface area (Å²) < 4.78 is 31.9. The lowest BCUT2D eigenvalue weighted by Gasteiger charge is -2.06. The Labute approximate surface area is 101 Å². The SMILES string of the molecule is Cc1cc(S(=O)(=O)O)cc2[nH]c(=O)n(C)c(=O)c12. The number of nitrogens with one attached hydrogen (secondary N) is 1. The van der Waals surface area contributed by atoms with Gasteiger partial charge in [-0.2, -0.15) is 8.42 Å². The van der Waals surface area contributed by atoms with Gasteiger partial charge in [-0.3, -0.25) is 13.9 Å². The van der Waals surface area contributed by atoms with Crippen LogP contribution >= 0.6 is 0 Å². The summed E-state index contributed by atoms with van der Waals surface area (Å²) in [4.78, 5) is 25.3. The van der Waals surface area contributed by atoms with Gasteiger partial charge < -0.3 is 4.98 Å². The molecule has 1 aromatic heterocycles. The molecule has 0 unspecified atom stereocenters. The molecule has 7 nitrogen and oxygen atoms in total. The second-order valence-corrected chi connectivity index (χ2v) is 5.35. The van der Waals surface area contributed by atoms with E-state index in [2.05, 4.69) is 4.98 Å². The molecular formula is C10H10N2O5S. The highest BCUT2D eigenvalue weighted by atomic mass is 32.2. The second-order valence-electron chi connectivity index (χ2n) is 3.93. The minimum Gasteiger partial charge on any atom is -0.307 e. The number of rotatable bonds is 1. The number of hydrogen-bond acceptors (Lipinski definition) is 4. The standard InChI is InChI=1S/C10H10N2O5S/c1-5-3-6(18(15,16)17)4-7-8(5)9(13)12(2)10(14)11-7/h3-4H,1-2H3,(H,11,14)(H,15,16,17). The molecule has 0 atom stereocenters. The van der Waals surface area contributed by atoms with Crippen molar-refractivity contribution in [2.45, 2.75) is 11.8 Å². The second kappa shape index (κ2) is 3.79. The lowest BCUT2D eigenvalue weighted by Crippen LogP contribution is -2.32. The van der Waals surface area contributed by atoms with Crippen LogP contribution in [-0.2, 0) is 17.2 Å². The van der Waals surface area contributed by atoms with Gasteiger partial charge in [-0.1, -0.05) is 0 Å². The highest BCUT2D eigenvalue weighted by Crippen LogP contribution is 2.18. The van der Waals surface area contributed by atoms with Crippen LogP contribution in [0.4, 0.5) is 0 Å². The summed E-state index contributed by atoms with van der Waals surface area (Å²) in [6, 6.07) is 2.23. The van der Waals surface area contributed by atoms with Crippen LogP contribution in [0.25, 0.3) is 10.9 Å². The lowest BCUT2D eigenvalue weighted by atomic mass is 10.1. The molecule has 18 heavy (non-hydrogen) atoms. The van der Waals surface area contributed by atoms with Crippen molar-refractivity contribution in [3.8, 4) is 0 Å². The van der Waals surface area contributed by atoms with E-state index in [1.54, 1.807) is 0 Å². The zero-order valence-corrected chi connectivity index (χ0v) is 10.4. The molecule has 0 radical (unpaired) electrons. The molecule has 2 rings (SSSR count). The number of H-pyrrole nitrogens is 1. The third-order valence-electron chi connectivity index (χ3n) is 2.67. The molecule has 0 fully saturated rings. The maximum absolute atomic E-state index is 11.9. The maximum atomic E-state index is 11.9. The van der Waals surface area contributed by atoms with Crippen LogP contribution in [0, 0.1) is 6.92 Å². The Kier molecular flexibility index (Phi) is 2.63. The Morgan fingerprint density at radius 2 is 1.89 bits per heavy atom. The largest absolute Gasteiger partial charge is 0.328 e. The van der Waals surface area contributed by atoms with Crippen molar-refractivity contribution in [3.05, 3.63) is 38.5 Å². The van der Waals surface area contributed by atoms with Crippen LogP contribution in [0.15, 0.2) is 26.6 Å². The first kappa shape index (κ1) is 12.5. The average molecular weight is 270 g/mol. The van der Waals surface area contributed by atoms with Gasteiger partial charge in [0.05, 0.1) is 15.8 Å². The van der Waals surface area contributed by atoms with Crippen LogP contribution in [0.2, 0.25) is 0 Å². The Morgan fingerprint density at radius 3 is 2.44 bits per heavy atom. The van der Waals surface area contributed by atoms with Gasteiger partial charge in [0.2, 0.25) is 0 Å². The van der Waals surface area contributed by atoms with E-state index >= 15 is 0 Å². The lowest BCUT2D eigenvalue weighted by molar-refractivity contribution is 0.483. The molecule has 2 aromatic rings. The summed E-state index contributed by atoms with van der Waals surface area (Å²) in [6.45, 7) is 1.52. The van der Waals surface area contributed by atoms with E-state index < -0.39 is 21.4 Å². The molecule has 0 bridgehead atoms. The predicted octanol–water partition coefficient (Wildman–Crippen LogP) is -0.218. The van der Waals surface area contributed by atoms with Gasteiger partial charge in [0.1, 0.15) is 0 Å². The fraction of sp³-hybridized carbons (Fsp3) is 0.200. The number of hydrogen-bond donors (Lipinski definition) is 2. The van der Waals surface area contributed by atoms with Crippen molar-refractivity contribution in [2.75, 3.05) is 0 Å². The van der Waals surface area contributed by atoms with Gasteiger partial charge in [0.15, 0.2) is 0 Å². The van der Waals surface area contributed by atoms with E-state index in [0.717, 1.165) is 10.6 Å². The Bertz CT molecular complexity index is 860. The summed E-state index contributed by atoms with van der Waals surface area (Å²) in [7, 11) is -3.07. The molecule has 8 heteroatoms. The van der Waals surface area contributed by atoms with Crippen molar-refractivity contribution in [2.24, 2.45) is 7.05 Å². The first-order valence-electron chi connectivity index (χ1n) is 4.93. The third kappa shape index (κ3) is 1.85. The van der Waals surface area contributed by atoms with Crippen molar-refractivity contribution in [1.29, 1.82) is 0 Å². The summed E-state index contributed by atoms with van der Waals surface area (Å²) in [6.07, 6.45) is 0. The van der Waals surface area contributed by atoms with Crippen molar-refractivity contribution < 1.29 is 13.0 Å². The number of benzene rings is 1. The molecule has 0 amide bonds. The number of nitrogens with zero attached hydrogens (tertiary/aromatic N) is 1. The average Bonchev–Trinajstić information content (AvgIpc) is 2.23. The first-order chi connectivity index (χ1) is 8.21. The highest BCUT2D eigenvalue weighted by Gasteiger charge is 2.15. The number of aromatic amines is 1. The molecule has 0 aliphatic heterocycles. The van der Waals surface area contributed by atoms with E-state index in [-0.39, 0.29) is 15.8 Å². The first-order valence-corrected chi connectivity index (χ1v) is 6.37. The zero-order valence-electron chi connectivity index (χ0n) is 9.59. The van der Waals surface area contributed by atoms with E-state index in [0.29, 0.717) is 5.56 Å². The van der Waals surface area contributed by atoms with Crippen LogP contribution in [0.3, 0.4) is 0 Å². The van der Waals surface area contributed by atoms with Crippen LogP contribution in [0.5, 0.6) is 0 Å². The maximum Gasteiger partial charge on any atom is 0.328 e. The Morgan fingerprint density at radius 1 is 1.28 bits per heavy atom. The number of aromatic nitrogens is 2. The fourth-order valence-electron chi connectivity index (χ4n) is 1.74. The molecule has 0 spiro atoms. The molecule has 0 aliphatic carbocycles. The quantitative estimate of drug-likeness (QED) is 0.696. The topological polar surface area (TPSA) is 109 Å². The Hall–Kier alpha value is -1.93. The summed E-state index contributed by atoms with van der Waals surface area (Å²) in [5.41, 5.74) is -0.736. The van der Waals surface area contributed by atoms with Crippen molar-refractivity contribution in [3.63, 3.8) is 0 Å². The smallest absolute Gasteiger partial charge is 0.307 e. The van der Waals surface area contributed by atoms with Crippen molar-refractivity contribution >= 4 is 21.0 Å². The van der Waals surface area contributed by atoms with E-state index in [9.17, 15) is 18.0 Å². The summed E-state index contributed by atoms with van der Waals surface area (Å²) in [5.74, 6) is 0. The predicted molar refractivity (Wildman–Crippen MR) is 64.4 cm³/mol.